The van der Waals surface area contributed by atoms with E-state index < -0.39 is 53.0 Å². The Bertz CT molecular complexity index is 1220. The highest BCUT2D eigenvalue weighted by Gasteiger charge is 2.50. The van der Waals surface area contributed by atoms with Gasteiger partial charge in [0.05, 0.1) is 35.5 Å². The van der Waals surface area contributed by atoms with Crippen LogP contribution in [0.15, 0.2) is 23.1 Å². The molecule has 2 fully saturated rings. The van der Waals surface area contributed by atoms with Crippen LogP contribution in [0.2, 0.25) is 0 Å². The minimum atomic E-state index is -4.25. The van der Waals surface area contributed by atoms with Gasteiger partial charge in [0.15, 0.2) is 9.84 Å². The molecule has 0 saturated carbocycles. The highest BCUT2D eigenvalue weighted by atomic mass is 32.2. The molecular formula is C18H26N2O8S3. The van der Waals surface area contributed by atoms with E-state index in [1.165, 1.54) is 33.1 Å². The van der Waals surface area contributed by atoms with E-state index in [1.54, 1.807) is 6.92 Å². The molecule has 0 aromatic heterocycles. The molecule has 1 aromatic carbocycles. The zero-order valence-corrected chi connectivity index (χ0v) is 20.2. The van der Waals surface area contributed by atoms with Crippen LogP contribution >= 0.6 is 0 Å². The summed E-state index contributed by atoms with van der Waals surface area (Å²) in [6.07, 6.45) is 0.171. The molecule has 2 aliphatic rings. The van der Waals surface area contributed by atoms with E-state index in [4.69, 9.17) is 4.74 Å². The van der Waals surface area contributed by atoms with Gasteiger partial charge in [-0.2, -0.15) is 4.31 Å². The molecule has 0 aliphatic carbocycles. The predicted octanol–water partition coefficient (Wildman–Crippen LogP) is 0.596. The molecule has 1 amide bonds. The van der Waals surface area contributed by atoms with E-state index in [0.717, 1.165) is 10.4 Å². The van der Waals surface area contributed by atoms with Crippen molar-refractivity contribution in [2.45, 2.75) is 38.1 Å². The first-order valence-electron chi connectivity index (χ1n) is 9.64. The number of sulfonamides is 2. The molecule has 3 rings (SSSR count). The lowest BCUT2D eigenvalue weighted by Crippen LogP contribution is -2.41. The summed E-state index contributed by atoms with van der Waals surface area (Å²) >= 11 is 0. The number of methoxy groups -OCH3 is 1. The summed E-state index contributed by atoms with van der Waals surface area (Å²) in [5, 5.41) is 0. The highest BCUT2D eigenvalue weighted by molar-refractivity contribution is 7.94. The van der Waals surface area contributed by atoms with E-state index in [2.05, 4.69) is 0 Å². The van der Waals surface area contributed by atoms with Crippen molar-refractivity contribution in [3.05, 3.63) is 18.2 Å². The molecule has 0 N–H and O–H groups in total. The summed E-state index contributed by atoms with van der Waals surface area (Å²) in [7, 11) is -10.3. The minimum absolute atomic E-state index is 0.0177. The first-order chi connectivity index (χ1) is 14.2. The Hall–Kier alpha value is -1.70. The van der Waals surface area contributed by atoms with Crippen LogP contribution in [0.1, 0.15) is 27.2 Å². The van der Waals surface area contributed by atoms with Gasteiger partial charge in [0.2, 0.25) is 26.0 Å². The fourth-order valence-electron chi connectivity index (χ4n) is 4.01. The number of benzene rings is 1. The number of carbonyl (C=O) groups is 1. The maximum atomic E-state index is 13.5. The van der Waals surface area contributed by atoms with Crippen molar-refractivity contribution < 1.29 is 34.8 Å². The van der Waals surface area contributed by atoms with Crippen LogP contribution in [0.5, 0.6) is 5.75 Å². The van der Waals surface area contributed by atoms with Crippen molar-refractivity contribution in [3.63, 3.8) is 0 Å². The van der Waals surface area contributed by atoms with Crippen molar-refractivity contribution in [3.8, 4) is 5.75 Å². The Morgan fingerprint density at radius 1 is 1.23 bits per heavy atom. The molecular weight excluding hydrogens is 468 g/mol. The Morgan fingerprint density at radius 3 is 2.32 bits per heavy atom. The molecule has 2 heterocycles. The lowest BCUT2D eigenvalue weighted by Gasteiger charge is -2.27. The van der Waals surface area contributed by atoms with Crippen LogP contribution in [-0.2, 0) is 34.7 Å². The molecule has 174 valence electrons. The quantitative estimate of drug-likeness (QED) is 0.561. The minimum Gasteiger partial charge on any atom is -0.495 e. The molecule has 10 nitrogen and oxygen atoms in total. The summed E-state index contributed by atoms with van der Waals surface area (Å²) in [4.78, 5) is 12.4. The van der Waals surface area contributed by atoms with Gasteiger partial charge in [-0.15, -0.1) is 0 Å². The highest BCUT2D eigenvalue weighted by Crippen LogP contribution is 2.39. The Morgan fingerprint density at radius 2 is 1.87 bits per heavy atom. The first kappa shape index (κ1) is 24.0. The van der Waals surface area contributed by atoms with Crippen molar-refractivity contribution in [1.29, 1.82) is 0 Å². The average Bonchev–Trinajstić information content (AvgIpc) is 3.07. The molecule has 0 spiro atoms. The third kappa shape index (κ3) is 4.20. The summed E-state index contributed by atoms with van der Waals surface area (Å²) in [5.41, 5.74) is -1.25. The number of carbonyl (C=O) groups excluding carboxylic acids is 1. The van der Waals surface area contributed by atoms with Crippen LogP contribution in [0.3, 0.4) is 0 Å². The second kappa shape index (κ2) is 7.71. The molecule has 13 heteroatoms. The van der Waals surface area contributed by atoms with Crippen LogP contribution in [0.25, 0.3) is 0 Å². The van der Waals surface area contributed by atoms with E-state index in [-0.39, 0.29) is 40.8 Å². The van der Waals surface area contributed by atoms with Gasteiger partial charge in [0, 0.05) is 12.6 Å². The monoisotopic (exact) mass is 494 g/mol. The molecule has 1 atom stereocenters. The predicted molar refractivity (Wildman–Crippen MR) is 115 cm³/mol. The Kier molecular flexibility index (Phi) is 5.96. The van der Waals surface area contributed by atoms with Crippen molar-refractivity contribution in [1.82, 2.24) is 4.31 Å². The molecule has 0 radical (unpaired) electrons. The third-order valence-corrected chi connectivity index (χ3v) is 11.3. The molecule has 31 heavy (non-hydrogen) atoms. The maximum Gasteiger partial charge on any atom is 0.247 e. The second-order valence-electron chi connectivity index (χ2n) is 8.31. The summed E-state index contributed by atoms with van der Waals surface area (Å²) < 4.78 is 82.9. The third-order valence-electron chi connectivity index (χ3n) is 5.48. The van der Waals surface area contributed by atoms with Crippen molar-refractivity contribution >= 4 is 41.5 Å². The van der Waals surface area contributed by atoms with E-state index in [9.17, 15) is 30.0 Å². The first-order valence-corrected chi connectivity index (χ1v) is 14.5. The van der Waals surface area contributed by atoms with Gasteiger partial charge in [-0.25, -0.2) is 29.6 Å². The van der Waals surface area contributed by atoms with Crippen LogP contribution in [0.4, 0.5) is 5.69 Å². The van der Waals surface area contributed by atoms with E-state index in [1.807, 2.05) is 0 Å². The summed E-state index contributed by atoms with van der Waals surface area (Å²) in [6, 6.07) is 2.96. The average molecular weight is 495 g/mol. The van der Waals surface area contributed by atoms with Gasteiger partial charge in [-0.3, -0.25) is 4.79 Å². The van der Waals surface area contributed by atoms with E-state index >= 15 is 0 Å². The fraction of sp³-hybridized carbons (Fsp3) is 0.611. The largest absolute Gasteiger partial charge is 0.495 e. The van der Waals surface area contributed by atoms with Gasteiger partial charge in [-0.05, 0) is 38.5 Å². The smallest absolute Gasteiger partial charge is 0.247 e. The Labute approximate surface area is 183 Å². The number of hydrogen-bond donors (Lipinski definition) is 0. The SMILES string of the molecule is CCN([C@@H]1CCS(=O)(=O)C1)S(=O)(=O)c1cc(N2C(=O)C(C)(C)CS2(=O)=O)ccc1OC. The molecule has 0 bridgehead atoms. The summed E-state index contributed by atoms with van der Waals surface area (Å²) in [6.45, 7) is 4.63. The van der Waals surface area contributed by atoms with Gasteiger partial charge in [0.1, 0.15) is 10.6 Å². The maximum absolute atomic E-state index is 13.5. The number of hydrogen-bond acceptors (Lipinski definition) is 8. The Balaban J connectivity index is 2.12. The second-order valence-corrected chi connectivity index (χ2v) is 14.2. The normalized spacial score (nSPS) is 24.6. The van der Waals surface area contributed by atoms with E-state index in [0.29, 0.717) is 4.31 Å². The number of rotatable bonds is 6. The molecule has 0 unspecified atom stereocenters. The van der Waals surface area contributed by atoms with Gasteiger partial charge >= 0.3 is 0 Å². The molecule has 1 aromatic rings. The number of nitrogens with zero attached hydrogens (tertiary/aromatic N) is 2. The number of amides is 1. The molecule has 2 aliphatic heterocycles. The summed E-state index contributed by atoms with van der Waals surface area (Å²) in [5.74, 6) is -1.47. The lowest BCUT2D eigenvalue weighted by molar-refractivity contribution is -0.123. The van der Waals surface area contributed by atoms with Crippen molar-refractivity contribution in [2.75, 3.05) is 35.2 Å². The van der Waals surface area contributed by atoms with Gasteiger partial charge in [0.25, 0.3) is 0 Å². The van der Waals surface area contributed by atoms with Crippen LogP contribution in [0, 0.1) is 5.41 Å². The van der Waals surface area contributed by atoms with Gasteiger partial charge in [-0.1, -0.05) is 6.92 Å². The van der Waals surface area contributed by atoms with Crippen LogP contribution < -0.4 is 9.04 Å². The topological polar surface area (TPSA) is 135 Å². The number of anilines is 1. The number of sulfone groups is 1. The zero-order chi connectivity index (χ0) is 23.4. The van der Waals surface area contributed by atoms with Crippen molar-refractivity contribution in [2.24, 2.45) is 5.41 Å². The molecule has 2 saturated heterocycles. The standard InChI is InChI=1S/C18H26N2O8S3/c1-5-19(14-8-9-29(22,23)11-14)31(26,27)16-10-13(6-7-15(16)28-4)20-17(21)18(2,3)12-30(20,24)25/h6-7,10,14H,5,8-9,11-12H2,1-4H3/t14-/m1/s1. The zero-order valence-electron chi connectivity index (χ0n) is 17.7. The van der Waals surface area contributed by atoms with Gasteiger partial charge < -0.3 is 4.74 Å². The fourth-order valence-corrected chi connectivity index (χ4v) is 9.77. The lowest BCUT2D eigenvalue weighted by atomic mass is 9.95. The number of ether oxygens (including phenoxy) is 1. The van der Waals surface area contributed by atoms with Crippen LogP contribution in [-0.4, -0.2) is 72.4 Å².